The molecule has 1 fully saturated rings. The van der Waals surface area contributed by atoms with Gasteiger partial charge in [0.25, 0.3) is 0 Å². The molecular formula is C10H6N2O5. The van der Waals surface area contributed by atoms with Gasteiger partial charge in [-0.15, -0.1) is 0 Å². The highest BCUT2D eigenvalue weighted by molar-refractivity contribution is 6.53. The molecule has 3 rings (SSSR count). The molecule has 0 aliphatic carbocycles. The van der Waals surface area contributed by atoms with Crippen molar-refractivity contribution in [1.82, 2.24) is 5.32 Å². The van der Waals surface area contributed by atoms with Gasteiger partial charge in [-0.1, -0.05) is 0 Å². The summed E-state index contributed by atoms with van der Waals surface area (Å²) < 4.78 is 10.2. The maximum absolute atomic E-state index is 11.4. The average Bonchev–Trinajstić information content (AvgIpc) is 2.84. The van der Waals surface area contributed by atoms with Crippen LogP contribution in [-0.4, -0.2) is 24.6 Å². The minimum Gasteiger partial charge on any atom is -0.454 e. The van der Waals surface area contributed by atoms with Crippen LogP contribution in [0.4, 0.5) is 10.5 Å². The van der Waals surface area contributed by atoms with Crippen LogP contribution in [0.1, 0.15) is 0 Å². The zero-order valence-electron chi connectivity index (χ0n) is 8.43. The molecule has 1 N–H and O–H groups in total. The highest BCUT2D eigenvalue weighted by atomic mass is 16.7. The number of hydrogen-bond acceptors (Lipinski definition) is 5. The fraction of sp³-hybridized carbons (Fsp3) is 0.100. The number of urea groups is 1. The van der Waals surface area contributed by atoms with Crippen LogP contribution >= 0.6 is 0 Å². The van der Waals surface area contributed by atoms with Gasteiger partial charge >= 0.3 is 17.8 Å². The second-order valence-electron chi connectivity index (χ2n) is 3.44. The molecule has 2 aliphatic heterocycles. The number of rotatable bonds is 1. The molecule has 1 aromatic carbocycles. The highest BCUT2D eigenvalue weighted by Crippen LogP contribution is 2.35. The van der Waals surface area contributed by atoms with Gasteiger partial charge in [0.2, 0.25) is 6.79 Å². The standard InChI is InChI=1S/C10H6N2O5/c13-8-9(14)12(10(15)11-8)5-1-2-6-7(3-5)17-4-16-6/h1-3H,4H2,(H,11,13,15). The molecule has 0 unspecified atom stereocenters. The number of fused-ring (bicyclic) bond motifs is 1. The minimum absolute atomic E-state index is 0.0951. The van der Waals surface area contributed by atoms with E-state index in [1.54, 1.807) is 6.07 Å². The largest absolute Gasteiger partial charge is 0.454 e. The van der Waals surface area contributed by atoms with Gasteiger partial charge in [0.1, 0.15) is 0 Å². The second-order valence-corrected chi connectivity index (χ2v) is 3.44. The lowest BCUT2D eigenvalue weighted by Crippen LogP contribution is -2.30. The Bertz CT molecular complexity index is 554. The van der Waals surface area contributed by atoms with Gasteiger partial charge in [0, 0.05) is 6.07 Å². The van der Waals surface area contributed by atoms with Crippen LogP contribution < -0.4 is 19.7 Å². The third-order valence-electron chi connectivity index (χ3n) is 2.44. The normalized spacial score (nSPS) is 17.6. The molecule has 0 atom stereocenters. The van der Waals surface area contributed by atoms with Gasteiger partial charge in [0.15, 0.2) is 11.5 Å². The molecule has 7 heteroatoms. The van der Waals surface area contributed by atoms with Crippen molar-refractivity contribution in [2.45, 2.75) is 0 Å². The van der Waals surface area contributed by atoms with E-state index in [4.69, 9.17) is 9.47 Å². The summed E-state index contributed by atoms with van der Waals surface area (Å²) in [5.74, 6) is -0.879. The van der Waals surface area contributed by atoms with E-state index in [0.717, 1.165) is 4.90 Å². The lowest BCUT2D eigenvalue weighted by atomic mass is 10.2. The Balaban J connectivity index is 2.02. The van der Waals surface area contributed by atoms with E-state index in [1.165, 1.54) is 12.1 Å². The first-order valence-corrected chi connectivity index (χ1v) is 4.76. The number of ether oxygens (including phenoxy) is 2. The maximum atomic E-state index is 11.4. The summed E-state index contributed by atoms with van der Waals surface area (Å²) >= 11 is 0. The van der Waals surface area contributed by atoms with Crippen molar-refractivity contribution in [1.29, 1.82) is 0 Å². The van der Waals surface area contributed by atoms with Crippen LogP contribution in [0.3, 0.4) is 0 Å². The van der Waals surface area contributed by atoms with Gasteiger partial charge in [-0.3, -0.25) is 14.9 Å². The van der Waals surface area contributed by atoms with Crippen molar-refractivity contribution in [2.24, 2.45) is 0 Å². The number of amides is 4. The molecule has 4 amide bonds. The van der Waals surface area contributed by atoms with Crippen LogP contribution in [0.25, 0.3) is 0 Å². The number of hydrogen-bond donors (Lipinski definition) is 1. The van der Waals surface area contributed by atoms with Crippen LogP contribution in [0.15, 0.2) is 18.2 Å². The number of anilines is 1. The Kier molecular flexibility index (Phi) is 1.82. The van der Waals surface area contributed by atoms with E-state index in [-0.39, 0.29) is 12.5 Å². The maximum Gasteiger partial charge on any atom is 0.336 e. The van der Waals surface area contributed by atoms with Crippen LogP contribution in [-0.2, 0) is 9.59 Å². The second kappa shape index (κ2) is 3.21. The average molecular weight is 234 g/mol. The first-order chi connectivity index (χ1) is 8.16. The molecule has 1 aromatic rings. The van der Waals surface area contributed by atoms with Crippen molar-refractivity contribution >= 4 is 23.5 Å². The molecule has 0 spiro atoms. The Labute approximate surface area is 94.9 Å². The lowest BCUT2D eigenvalue weighted by molar-refractivity contribution is -0.134. The van der Waals surface area contributed by atoms with E-state index in [0.29, 0.717) is 11.5 Å². The van der Waals surface area contributed by atoms with Gasteiger partial charge in [-0.05, 0) is 12.1 Å². The zero-order valence-corrected chi connectivity index (χ0v) is 8.43. The smallest absolute Gasteiger partial charge is 0.336 e. The molecule has 2 heterocycles. The van der Waals surface area contributed by atoms with E-state index >= 15 is 0 Å². The molecule has 0 radical (unpaired) electrons. The van der Waals surface area contributed by atoms with Gasteiger partial charge in [-0.2, -0.15) is 0 Å². The number of carbonyl (C=O) groups is 3. The molecule has 1 saturated heterocycles. The van der Waals surface area contributed by atoms with Crippen molar-refractivity contribution < 1.29 is 23.9 Å². The number of carbonyl (C=O) groups excluding carboxylic acids is 3. The molecule has 0 aromatic heterocycles. The monoisotopic (exact) mass is 234 g/mol. The molecule has 7 nitrogen and oxygen atoms in total. The summed E-state index contributed by atoms with van der Waals surface area (Å²) in [4.78, 5) is 34.6. The molecule has 17 heavy (non-hydrogen) atoms. The van der Waals surface area contributed by atoms with Crippen molar-refractivity contribution in [3.05, 3.63) is 18.2 Å². The fourth-order valence-corrected chi connectivity index (χ4v) is 1.66. The number of benzene rings is 1. The number of nitrogens with zero attached hydrogens (tertiary/aromatic N) is 1. The van der Waals surface area contributed by atoms with Crippen LogP contribution in [0.5, 0.6) is 11.5 Å². The van der Waals surface area contributed by atoms with E-state index in [2.05, 4.69) is 0 Å². The van der Waals surface area contributed by atoms with E-state index in [9.17, 15) is 14.4 Å². The Hall–Kier alpha value is -2.57. The van der Waals surface area contributed by atoms with Gasteiger partial charge < -0.3 is 9.47 Å². The summed E-state index contributed by atoms with van der Waals surface area (Å²) in [6.45, 7) is 0.0951. The molecular weight excluding hydrogens is 228 g/mol. The number of imide groups is 2. The highest BCUT2D eigenvalue weighted by Gasteiger charge is 2.38. The Morgan fingerprint density at radius 3 is 2.59 bits per heavy atom. The topological polar surface area (TPSA) is 84.9 Å². The Morgan fingerprint density at radius 1 is 1.12 bits per heavy atom. The fourth-order valence-electron chi connectivity index (χ4n) is 1.66. The third-order valence-corrected chi connectivity index (χ3v) is 2.44. The predicted molar refractivity (Wildman–Crippen MR) is 53.6 cm³/mol. The van der Waals surface area contributed by atoms with Gasteiger partial charge in [0.05, 0.1) is 5.69 Å². The summed E-state index contributed by atoms with van der Waals surface area (Å²) in [5.41, 5.74) is 0.266. The third kappa shape index (κ3) is 1.32. The number of nitrogens with one attached hydrogen (secondary N) is 1. The summed E-state index contributed by atoms with van der Waals surface area (Å²) in [5, 5.41) is 1.91. The summed E-state index contributed by atoms with van der Waals surface area (Å²) in [6, 6.07) is 3.78. The molecule has 0 saturated carbocycles. The van der Waals surface area contributed by atoms with Crippen molar-refractivity contribution in [3.63, 3.8) is 0 Å². The van der Waals surface area contributed by atoms with Crippen molar-refractivity contribution in [3.8, 4) is 11.5 Å². The summed E-state index contributed by atoms with van der Waals surface area (Å²) in [7, 11) is 0. The van der Waals surface area contributed by atoms with Crippen LogP contribution in [0.2, 0.25) is 0 Å². The minimum atomic E-state index is -0.937. The Morgan fingerprint density at radius 2 is 1.88 bits per heavy atom. The van der Waals surface area contributed by atoms with E-state index < -0.39 is 17.8 Å². The molecule has 86 valence electrons. The van der Waals surface area contributed by atoms with Crippen molar-refractivity contribution in [2.75, 3.05) is 11.7 Å². The summed E-state index contributed by atoms with van der Waals surface area (Å²) in [6.07, 6.45) is 0. The van der Waals surface area contributed by atoms with E-state index in [1.807, 2.05) is 5.32 Å². The van der Waals surface area contributed by atoms with Gasteiger partial charge in [-0.25, -0.2) is 9.69 Å². The lowest BCUT2D eigenvalue weighted by Gasteiger charge is -2.11. The quantitative estimate of drug-likeness (QED) is 0.546. The SMILES string of the molecule is O=C1NC(=O)N(c2ccc3c(c2)OCO3)C1=O. The molecule has 0 bridgehead atoms. The first kappa shape index (κ1) is 9.64. The van der Waals surface area contributed by atoms with Crippen LogP contribution in [0, 0.1) is 0 Å². The predicted octanol–water partition coefficient (Wildman–Crippen LogP) is -0.00190. The first-order valence-electron chi connectivity index (χ1n) is 4.76. The molecule has 2 aliphatic rings. The zero-order chi connectivity index (χ0) is 12.0.